The fourth-order valence-corrected chi connectivity index (χ4v) is 6.27. The topological polar surface area (TPSA) is 113 Å². The van der Waals surface area contributed by atoms with Gasteiger partial charge in [0.05, 0.1) is 12.3 Å². The molecule has 58 heavy (non-hydrogen) atoms. The van der Waals surface area contributed by atoms with Gasteiger partial charge in [-0.15, -0.1) is 0 Å². The molecular weight excluding hydrogens is 733 g/mol. The standard InChI is InChI=1S/C48H90N2O8/c1-6-9-12-15-18-19-20-21-22-23-24-25-26-27-30-34-45(51)56-41-44(43-58-48(53)49-37-33-38-50(4)5)42-57-46(52)35-36-47(54-39-31-28-16-13-10-7-2)55-40-32-29-17-14-11-8-3/h18-19,21-22,44,47H,6-17,20,23-43H2,1-5H3,(H,49,53)/b19-18-,22-21-. The zero-order chi connectivity index (χ0) is 42.6. The van der Waals surface area contributed by atoms with Gasteiger partial charge in [-0.2, -0.15) is 0 Å². The lowest BCUT2D eigenvalue weighted by Crippen LogP contribution is -2.32. The molecule has 340 valence electrons. The van der Waals surface area contributed by atoms with E-state index in [1.165, 1.54) is 77.0 Å². The molecule has 10 nitrogen and oxygen atoms in total. The van der Waals surface area contributed by atoms with Crippen LogP contribution in [0.5, 0.6) is 0 Å². The largest absolute Gasteiger partial charge is 0.465 e. The molecule has 1 atom stereocenters. The van der Waals surface area contributed by atoms with E-state index in [0.29, 0.717) is 32.6 Å². The lowest BCUT2D eigenvalue weighted by Gasteiger charge is -2.20. The first-order valence-corrected chi connectivity index (χ1v) is 23.7. The second kappa shape index (κ2) is 44.1. The lowest BCUT2D eigenvalue weighted by atomic mass is 10.1. The van der Waals surface area contributed by atoms with Crippen LogP contribution in [0.1, 0.15) is 194 Å². The number of unbranched alkanes of at least 4 members (excludes halogenated alkanes) is 18. The molecule has 0 heterocycles. The Morgan fingerprint density at radius 2 is 1.00 bits per heavy atom. The predicted octanol–water partition coefficient (Wildman–Crippen LogP) is 12.0. The lowest BCUT2D eigenvalue weighted by molar-refractivity contribution is -0.161. The normalized spacial score (nSPS) is 12.3. The number of carbonyl (C=O) groups excluding carboxylic acids is 3. The summed E-state index contributed by atoms with van der Waals surface area (Å²) in [6, 6.07) is 0. The summed E-state index contributed by atoms with van der Waals surface area (Å²) >= 11 is 0. The van der Waals surface area contributed by atoms with Crippen LogP contribution in [0.4, 0.5) is 4.79 Å². The molecule has 0 aliphatic heterocycles. The third-order valence-electron chi connectivity index (χ3n) is 9.98. The van der Waals surface area contributed by atoms with E-state index in [9.17, 15) is 14.4 Å². The molecular formula is C48H90N2O8. The van der Waals surface area contributed by atoms with Crippen molar-refractivity contribution in [2.45, 2.75) is 200 Å². The molecule has 0 rings (SSSR count). The van der Waals surface area contributed by atoms with E-state index in [4.69, 9.17) is 23.7 Å². The first-order valence-electron chi connectivity index (χ1n) is 23.7. The van der Waals surface area contributed by atoms with Crippen LogP contribution >= 0.6 is 0 Å². The minimum absolute atomic E-state index is 0.00560. The maximum Gasteiger partial charge on any atom is 0.407 e. The van der Waals surface area contributed by atoms with E-state index in [0.717, 1.165) is 83.6 Å². The van der Waals surface area contributed by atoms with Gasteiger partial charge in [0.25, 0.3) is 0 Å². The maximum absolute atomic E-state index is 12.9. The number of rotatable bonds is 43. The Morgan fingerprint density at radius 3 is 1.57 bits per heavy atom. The van der Waals surface area contributed by atoms with Crippen LogP contribution in [-0.2, 0) is 33.3 Å². The molecule has 1 unspecified atom stereocenters. The number of allylic oxidation sites excluding steroid dienone is 4. The molecule has 0 radical (unpaired) electrons. The van der Waals surface area contributed by atoms with Gasteiger partial charge in [0, 0.05) is 32.6 Å². The van der Waals surface area contributed by atoms with Crippen LogP contribution < -0.4 is 5.32 Å². The number of esters is 2. The van der Waals surface area contributed by atoms with Gasteiger partial charge in [0.2, 0.25) is 0 Å². The summed E-state index contributed by atoms with van der Waals surface area (Å²) in [5, 5.41) is 2.76. The first kappa shape index (κ1) is 55.6. The Morgan fingerprint density at radius 1 is 0.534 bits per heavy atom. The second-order valence-corrected chi connectivity index (χ2v) is 16.1. The first-order chi connectivity index (χ1) is 28.3. The summed E-state index contributed by atoms with van der Waals surface area (Å²) in [6.45, 7) is 9.18. The molecule has 0 saturated heterocycles. The number of nitrogens with one attached hydrogen (secondary N) is 1. The van der Waals surface area contributed by atoms with Crippen LogP contribution in [0.15, 0.2) is 24.3 Å². The van der Waals surface area contributed by atoms with Crippen molar-refractivity contribution in [2.24, 2.45) is 5.92 Å². The maximum atomic E-state index is 12.9. The van der Waals surface area contributed by atoms with Gasteiger partial charge >= 0.3 is 18.0 Å². The number of amides is 1. The molecule has 0 saturated carbocycles. The van der Waals surface area contributed by atoms with Crippen molar-refractivity contribution in [3.05, 3.63) is 24.3 Å². The van der Waals surface area contributed by atoms with Crippen LogP contribution in [-0.4, -0.2) is 89.4 Å². The van der Waals surface area contributed by atoms with Crippen molar-refractivity contribution in [1.82, 2.24) is 10.2 Å². The average molecular weight is 823 g/mol. The molecule has 0 fully saturated rings. The molecule has 0 aliphatic rings. The number of hydrogen-bond acceptors (Lipinski definition) is 9. The van der Waals surface area contributed by atoms with Gasteiger partial charge in [-0.1, -0.05) is 141 Å². The number of hydrogen-bond donors (Lipinski definition) is 1. The van der Waals surface area contributed by atoms with E-state index in [-0.39, 0.29) is 38.2 Å². The fourth-order valence-electron chi connectivity index (χ4n) is 6.27. The van der Waals surface area contributed by atoms with Crippen molar-refractivity contribution in [2.75, 3.05) is 60.2 Å². The molecule has 10 heteroatoms. The molecule has 0 aromatic rings. The molecule has 0 spiro atoms. The van der Waals surface area contributed by atoms with E-state index in [2.05, 4.69) is 50.4 Å². The van der Waals surface area contributed by atoms with Gasteiger partial charge in [-0.3, -0.25) is 9.59 Å². The Labute approximate surface area is 356 Å². The van der Waals surface area contributed by atoms with E-state index >= 15 is 0 Å². The third kappa shape index (κ3) is 41.7. The molecule has 1 amide bonds. The van der Waals surface area contributed by atoms with Crippen LogP contribution in [0.3, 0.4) is 0 Å². The van der Waals surface area contributed by atoms with Gasteiger partial charge in [0.1, 0.15) is 19.8 Å². The molecule has 0 aliphatic carbocycles. The Balaban J connectivity index is 4.76. The molecule has 0 aromatic carbocycles. The van der Waals surface area contributed by atoms with E-state index in [1.54, 1.807) is 0 Å². The number of alkyl carbamates (subject to hydrolysis) is 1. The van der Waals surface area contributed by atoms with Crippen molar-refractivity contribution < 1.29 is 38.1 Å². The summed E-state index contributed by atoms with van der Waals surface area (Å²) in [5.74, 6) is -1.15. The number of nitrogens with zero attached hydrogens (tertiary/aromatic N) is 1. The molecule has 0 aromatic heterocycles. The van der Waals surface area contributed by atoms with E-state index < -0.39 is 18.3 Å². The minimum Gasteiger partial charge on any atom is -0.465 e. The highest BCUT2D eigenvalue weighted by Gasteiger charge is 2.19. The van der Waals surface area contributed by atoms with Crippen molar-refractivity contribution in [3.8, 4) is 0 Å². The summed E-state index contributed by atoms with van der Waals surface area (Å²) in [6.07, 6.45) is 36.2. The smallest absolute Gasteiger partial charge is 0.407 e. The van der Waals surface area contributed by atoms with Crippen molar-refractivity contribution in [1.29, 1.82) is 0 Å². The highest BCUT2D eigenvalue weighted by molar-refractivity contribution is 5.70. The fraction of sp³-hybridized carbons (Fsp3) is 0.854. The Bertz CT molecular complexity index is 971. The SMILES string of the molecule is CCCCC/C=C\C/C=C\CCCCCCCC(=O)OCC(COC(=O)CCC(OCCCCCCCC)OCCCCCCCC)COC(=O)NCCCN(C)C. The summed E-state index contributed by atoms with van der Waals surface area (Å²) in [7, 11) is 3.96. The van der Waals surface area contributed by atoms with Crippen LogP contribution in [0.2, 0.25) is 0 Å². The minimum atomic E-state index is -0.542. The highest BCUT2D eigenvalue weighted by Crippen LogP contribution is 2.14. The van der Waals surface area contributed by atoms with Gasteiger partial charge in [-0.05, 0) is 78.4 Å². The quantitative estimate of drug-likeness (QED) is 0.0211. The van der Waals surface area contributed by atoms with Gasteiger partial charge in [0.15, 0.2) is 6.29 Å². The second-order valence-electron chi connectivity index (χ2n) is 16.1. The Kier molecular flexibility index (Phi) is 42.3. The zero-order valence-electron chi connectivity index (χ0n) is 38.2. The Hall–Kier alpha value is -2.43. The monoisotopic (exact) mass is 823 g/mol. The summed E-state index contributed by atoms with van der Waals surface area (Å²) in [4.78, 5) is 39.9. The summed E-state index contributed by atoms with van der Waals surface area (Å²) in [5.41, 5.74) is 0. The third-order valence-corrected chi connectivity index (χ3v) is 9.98. The van der Waals surface area contributed by atoms with Gasteiger partial charge in [-0.25, -0.2) is 4.79 Å². The number of ether oxygens (including phenoxy) is 5. The van der Waals surface area contributed by atoms with E-state index in [1.807, 2.05) is 19.0 Å². The van der Waals surface area contributed by atoms with Crippen LogP contribution in [0, 0.1) is 5.92 Å². The zero-order valence-corrected chi connectivity index (χ0v) is 38.2. The molecule has 0 bridgehead atoms. The molecule has 1 N–H and O–H groups in total. The predicted molar refractivity (Wildman–Crippen MR) is 239 cm³/mol. The summed E-state index contributed by atoms with van der Waals surface area (Å²) < 4.78 is 28.8. The highest BCUT2D eigenvalue weighted by atomic mass is 16.7. The van der Waals surface area contributed by atoms with Crippen LogP contribution in [0.25, 0.3) is 0 Å². The van der Waals surface area contributed by atoms with Crippen molar-refractivity contribution in [3.63, 3.8) is 0 Å². The van der Waals surface area contributed by atoms with Crippen molar-refractivity contribution >= 4 is 18.0 Å². The van der Waals surface area contributed by atoms with Gasteiger partial charge < -0.3 is 33.9 Å². The average Bonchev–Trinajstić information content (AvgIpc) is 3.21. The number of carbonyl (C=O) groups is 3.